The SMILES string of the molecule is O=C(O)/C(=C\O)CC(Cl)(Cl)Cl. The highest BCUT2D eigenvalue weighted by molar-refractivity contribution is 6.67. The number of aliphatic carboxylic acids is 1. The molecule has 0 atom stereocenters. The Kier molecular flexibility index (Phi) is 4.00. The molecule has 0 amide bonds. The molecule has 3 nitrogen and oxygen atoms in total. The van der Waals surface area contributed by atoms with E-state index in [0.717, 1.165) is 0 Å². The van der Waals surface area contributed by atoms with E-state index in [2.05, 4.69) is 0 Å². The molecule has 0 aliphatic carbocycles. The van der Waals surface area contributed by atoms with Gasteiger partial charge in [-0.3, -0.25) is 0 Å². The van der Waals surface area contributed by atoms with Crippen molar-refractivity contribution in [2.24, 2.45) is 0 Å². The number of rotatable bonds is 2. The molecule has 0 bridgehead atoms. The summed E-state index contributed by atoms with van der Waals surface area (Å²) >= 11 is 15.8. The van der Waals surface area contributed by atoms with Gasteiger partial charge in [0.2, 0.25) is 0 Å². The van der Waals surface area contributed by atoms with Gasteiger partial charge in [-0.2, -0.15) is 0 Å². The molecular weight excluding hydrogens is 214 g/mol. The van der Waals surface area contributed by atoms with Gasteiger partial charge in [-0.1, -0.05) is 34.8 Å². The van der Waals surface area contributed by atoms with Crippen molar-refractivity contribution < 1.29 is 15.0 Å². The molecule has 0 radical (unpaired) electrons. The number of carboxylic acid groups (broad SMARTS) is 1. The maximum Gasteiger partial charge on any atom is 0.334 e. The van der Waals surface area contributed by atoms with Crippen LogP contribution in [0.15, 0.2) is 11.8 Å². The Morgan fingerprint density at radius 3 is 2.00 bits per heavy atom. The van der Waals surface area contributed by atoms with Gasteiger partial charge in [-0.15, -0.1) is 0 Å². The summed E-state index contributed by atoms with van der Waals surface area (Å²) in [6.07, 6.45) is 0.0771. The molecule has 0 aromatic carbocycles. The summed E-state index contributed by atoms with van der Waals surface area (Å²) in [4.78, 5) is 10.2. The molecule has 0 saturated heterocycles. The minimum atomic E-state index is -1.69. The van der Waals surface area contributed by atoms with Crippen molar-refractivity contribution in [3.63, 3.8) is 0 Å². The second-order valence-corrected chi connectivity index (χ2v) is 4.27. The lowest BCUT2D eigenvalue weighted by molar-refractivity contribution is -0.132. The molecule has 11 heavy (non-hydrogen) atoms. The summed E-state index contributed by atoms with van der Waals surface area (Å²) in [5.74, 6) is -1.31. The Hall–Kier alpha value is -0.120. The van der Waals surface area contributed by atoms with E-state index in [9.17, 15) is 4.79 Å². The van der Waals surface area contributed by atoms with Crippen molar-refractivity contribution in [2.75, 3.05) is 0 Å². The van der Waals surface area contributed by atoms with Crippen LogP contribution in [-0.4, -0.2) is 20.0 Å². The number of carbonyl (C=O) groups is 1. The zero-order valence-electron chi connectivity index (χ0n) is 5.22. The van der Waals surface area contributed by atoms with Gasteiger partial charge in [0.1, 0.15) is 0 Å². The summed E-state index contributed by atoms with van der Waals surface area (Å²) in [6.45, 7) is 0. The van der Waals surface area contributed by atoms with Crippen LogP contribution < -0.4 is 0 Å². The first-order chi connectivity index (χ1) is 4.87. The molecule has 0 aromatic rings. The van der Waals surface area contributed by atoms with Crippen LogP contribution in [0.3, 0.4) is 0 Å². The van der Waals surface area contributed by atoms with Crippen molar-refractivity contribution in [2.45, 2.75) is 10.2 Å². The first-order valence-corrected chi connectivity index (χ1v) is 3.63. The van der Waals surface area contributed by atoms with Crippen molar-refractivity contribution in [1.29, 1.82) is 0 Å². The summed E-state index contributed by atoms with van der Waals surface area (Å²) in [5.41, 5.74) is -0.343. The minimum Gasteiger partial charge on any atom is -0.515 e. The van der Waals surface area contributed by atoms with Gasteiger partial charge in [-0.25, -0.2) is 4.79 Å². The lowest BCUT2D eigenvalue weighted by Crippen LogP contribution is -2.10. The van der Waals surface area contributed by atoms with E-state index in [1.54, 1.807) is 0 Å². The smallest absolute Gasteiger partial charge is 0.334 e. The highest BCUT2D eigenvalue weighted by atomic mass is 35.6. The average Bonchev–Trinajstić information content (AvgIpc) is 1.80. The Bertz CT molecular complexity index is 182. The van der Waals surface area contributed by atoms with E-state index in [-0.39, 0.29) is 12.0 Å². The van der Waals surface area contributed by atoms with Crippen molar-refractivity contribution in [3.05, 3.63) is 11.8 Å². The monoisotopic (exact) mass is 218 g/mol. The predicted molar refractivity (Wildman–Crippen MR) is 43.3 cm³/mol. The number of hydrogen-bond acceptors (Lipinski definition) is 2. The quantitative estimate of drug-likeness (QED) is 0.425. The summed E-state index contributed by atoms with van der Waals surface area (Å²) in [7, 11) is 0. The third-order valence-corrected chi connectivity index (χ3v) is 1.22. The van der Waals surface area contributed by atoms with Gasteiger partial charge in [0.05, 0.1) is 11.8 Å². The van der Waals surface area contributed by atoms with Crippen LogP contribution in [-0.2, 0) is 4.79 Å². The Balaban J connectivity index is 4.24. The molecule has 6 heteroatoms. The van der Waals surface area contributed by atoms with Gasteiger partial charge in [0.25, 0.3) is 0 Å². The molecule has 0 rings (SSSR count). The van der Waals surface area contributed by atoms with Crippen LogP contribution in [0, 0.1) is 0 Å². The molecular formula is C5H5Cl3O3. The third kappa shape index (κ3) is 5.18. The zero-order valence-corrected chi connectivity index (χ0v) is 7.49. The van der Waals surface area contributed by atoms with E-state index >= 15 is 0 Å². The summed E-state index contributed by atoms with van der Waals surface area (Å²) < 4.78 is -1.69. The Morgan fingerprint density at radius 2 is 1.91 bits per heavy atom. The third-order valence-electron chi connectivity index (χ3n) is 0.821. The largest absolute Gasteiger partial charge is 0.515 e. The standard InChI is InChI=1S/C5H5Cl3O3/c6-5(7,8)1-3(2-9)4(10)11/h2,9H,1H2,(H,10,11)/b3-2-. The second kappa shape index (κ2) is 4.04. The molecule has 0 aliphatic heterocycles. The van der Waals surface area contributed by atoms with Crippen LogP contribution in [0.25, 0.3) is 0 Å². The number of alkyl halides is 3. The van der Waals surface area contributed by atoms with Crippen LogP contribution in [0.1, 0.15) is 6.42 Å². The molecule has 0 saturated carbocycles. The fraction of sp³-hybridized carbons (Fsp3) is 0.400. The lowest BCUT2D eigenvalue weighted by atomic mass is 10.2. The van der Waals surface area contributed by atoms with Crippen molar-refractivity contribution in [3.8, 4) is 0 Å². The van der Waals surface area contributed by atoms with Crippen molar-refractivity contribution in [1.82, 2.24) is 0 Å². The first-order valence-electron chi connectivity index (χ1n) is 2.50. The van der Waals surface area contributed by atoms with E-state index in [4.69, 9.17) is 45.0 Å². The number of aliphatic hydroxyl groups is 1. The summed E-state index contributed by atoms with van der Waals surface area (Å²) in [6, 6.07) is 0. The Morgan fingerprint density at radius 1 is 1.45 bits per heavy atom. The number of aliphatic hydroxyl groups excluding tert-OH is 1. The molecule has 2 N–H and O–H groups in total. The van der Waals surface area contributed by atoms with Gasteiger partial charge < -0.3 is 10.2 Å². The maximum atomic E-state index is 10.2. The lowest BCUT2D eigenvalue weighted by Gasteiger charge is -2.09. The highest BCUT2D eigenvalue weighted by Crippen LogP contribution is 2.33. The average molecular weight is 219 g/mol. The van der Waals surface area contributed by atoms with Gasteiger partial charge in [-0.05, 0) is 0 Å². The van der Waals surface area contributed by atoms with E-state index < -0.39 is 9.76 Å². The minimum absolute atomic E-state index is 0.330. The molecule has 0 spiro atoms. The molecule has 0 unspecified atom stereocenters. The van der Waals surface area contributed by atoms with Crippen LogP contribution in [0.5, 0.6) is 0 Å². The van der Waals surface area contributed by atoms with E-state index in [1.165, 1.54) is 0 Å². The van der Waals surface area contributed by atoms with Crippen LogP contribution >= 0.6 is 34.8 Å². The zero-order chi connectivity index (χ0) is 9.07. The van der Waals surface area contributed by atoms with Crippen LogP contribution in [0.4, 0.5) is 0 Å². The highest BCUT2D eigenvalue weighted by Gasteiger charge is 2.24. The van der Waals surface area contributed by atoms with E-state index in [0.29, 0.717) is 6.26 Å². The maximum absolute atomic E-state index is 10.2. The Labute approximate surface area is 78.2 Å². The molecule has 0 heterocycles. The van der Waals surface area contributed by atoms with Crippen molar-refractivity contribution >= 4 is 40.8 Å². The molecule has 0 fully saturated rings. The fourth-order valence-electron chi connectivity index (χ4n) is 0.392. The fourth-order valence-corrected chi connectivity index (χ4v) is 0.824. The van der Waals surface area contributed by atoms with Gasteiger partial charge in [0, 0.05) is 6.42 Å². The molecule has 64 valence electrons. The topological polar surface area (TPSA) is 57.5 Å². The number of hydrogen-bond donors (Lipinski definition) is 2. The second-order valence-electron chi connectivity index (χ2n) is 1.75. The molecule has 0 aromatic heterocycles. The normalized spacial score (nSPS) is 13.2. The van der Waals surface area contributed by atoms with Gasteiger partial charge >= 0.3 is 5.97 Å². The van der Waals surface area contributed by atoms with Crippen LogP contribution in [0.2, 0.25) is 0 Å². The number of carboxylic acids is 1. The predicted octanol–water partition coefficient (Wildman–Crippen LogP) is 2.27. The van der Waals surface area contributed by atoms with Gasteiger partial charge in [0.15, 0.2) is 3.79 Å². The number of halogens is 3. The molecule has 0 aliphatic rings. The summed E-state index contributed by atoms with van der Waals surface area (Å²) in [5, 5.41) is 16.7. The first kappa shape index (κ1) is 10.9. The van der Waals surface area contributed by atoms with E-state index in [1.807, 2.05) is 0 Å².